The molecule has 8 heteroatoms. The first-order chi connectivity index (χ1) is 16.0. The van der Waals surface area contributed by atoms with Crippen molar-refractivity contribution in [2.45, 2.75) is 19.8 Å². The average Bonchev–Trinajstić information content (AvgIpc) is 3.49. The molecule has 2 aromatic heterocycles. The van der Waals surface area contributed by atoms with Crippen LogP contribution in [0.5, 0.6) is 0 Å². The molecular weight excluding hydrogens is 419 g/mol. The highest BCUT2D eigenvalue weighted by Crippen LogP contribution is 2.24. The van der Waals surface area contributed by atoms with Crippen LogP contribution in [0, 0.1) is 18.2 Å². The number of rotatable bonds is 4. The van der Waals surface area contributed by atoms with Crippen molar-refractivity contribution in [1.29, 1.82) is 5.41 Å². The standard InChI is InChI=1S/C25H23FN6O/c1-16-12-22(32(30-16)21-14-18-7-3-2-6-17(18)13-20(21)26)25(33)29-23-9-8-19(15-28-23)24(27)31-10-4-5-11-31/h2-3,6-9,12-15,27H,4-5,10-11H2,1H3,(H,28,29,33). The molecule has 0 radical (unpaired) electrons. The number of likely N-dealkylation sites (tertiary alicyclic amines) is 1. The minimum Gasteiger partial charge on any atom is -0.357 e. The number of carbonyl (C=O) groups excluding carboxylic acids is 1. The molecule has 7 nitrogen and oxygen atoms in total. The topological polar surface area (TPSA) is 86.9 Å². The fourth-order valence-electron chi connectivity index (χ4n) is 4.12. The maximum absolute atomic E-state index is 14.9. The van der Waals surface area contributed by atoms with Gasteiger partial charge in [0.25, 0.3) is 5.91 Å². The van der Waals surface area contributed by atoms with E-state index in [1.165, 1.54) is 10.7 Å². The van der Waals surface area contributed by atoms with Gasteiger partial charge in [-0.05, 0) is 60.9 Å². The SMILES string of the molecule is Cc1cc(C(=O)Nc2ccc(C(=N)N3CCCC3)cn2)n(-c2cc3ccccc3cc2F)n1. The van der Waals surface area contributed by atoms with E-state index in [1.807, 2.05) is 29.2 Å². The summed E-state index contributed by atoms with van der Waals surface area (Å²) in [7, 11) is 0. The summed E-state index contributed by atoms with van der Waals surface area (Å²) in [6.45, 7) is 3.52. The van der Waals surface area contributed by atoms with E-state index in [4.69, 9.17) is 5.41 Å². The van der Waals surface area contributed by atoms with E-state index in [-0.39, 0.29) is 11.4 Å². The number of amidine groups is 1. The summed E-state index contributed by atoms with van der Waals surface area (Å²) in [4.78, 5) is 19.4. The number of pyridine rings is 1. The number of fused-ring (bicyclic) bond motifs is 1. The van der Waals surface area contributed by atoms with Crippen LogP contribution < -0.4 is 5.32 Å². The molecule has 1 amide bonds. The van der Waals surface area contributed by atoms with Crippen LogP contribution in [0.2, 0.25) is 0 Å². The van der Waals surface area contributed by atoms with Gasteiger partial charge in [-0.15, -0.1) is 0 Å². The summed E-state index contributed by atoms with van der Waals surface area (Å²) in [6, 6.07) is 15.6. The van der Waals surface area contributed by atoms with Crippen molar-refractivity contribution in [3.05, 3.63) is 83.6 Å². The number of carbonyl (C=O) groups is 1. The van der Waals surface area contributed by atoms with Crippen LogP contribution in [0.25, 0.3) is 16.5 Å². The number of aromatic nitrogens is 3. The summed E-state index contributed by atoms with van der Waals surface area (Å²) in [6.07, 6.45) is 3.77. The van der Waals surface area contributed by atoms with Crippen molar-refractivity contribution in [1.82, 2.24) is 19.7 Å². The van der Waals surface area contributed by atoms with Gasteiger partial charge in [0.15, 0.2) is 0 Å². The quantitative estimate of drug-likeness (QED) is 0.359. The zero-order valence-corrected chi connectivity index (χ0v) is 18.2. The van der Waals surface area contributed by atoms with E-state index in [9.17, 15) is 9.18 Å². The summed E-state index contributed by atoms with van der Waals surface area (Å²) in [5, 5.41) is 17.1. The third kappa shape index (κ3) is 4.07. The Balaban J connectivity index is 1.40. The summed E-state index contributed by atoms with van der Waals surface area (Å²) in [5.41, 5.74) is 1.70. The minimum atomic E-state index is -0.464. The van der Waals surface area contributed by atoms with E-state index < -0.39 is 11.7 Å². The first-order valence-electron chi connectivity index (χ1n) is 10.9. The molecule has 0 saturated carbocycles. The van der Waals surface area contributed by atoms with Crippen LogP contribution in [-0.2, 0) is 0 Å². The second kappa shape index (κ2) is 8.46. The lowest BCUT2D eigenvalue weighted by Crippen LogP contribution is -2.27. The fraction of sp³-hybridized carbons (Fsp3) is 0.200. The molecule has 2 aromatic carbocycles. The van der Waals surface area contributed by atoms with Crippen LogP contribution in [0.3, 0.4) is 0 Å². The molecular formula is C25H23FN6O. The Hall–Kier alpha value is -4.07. The number of nitrogens with one attached hydrogen (secondary N) is 2. The maximum Gasteiger partial charge on any atom is 0.275 e. The Morgan fingerprint density at radius 3 is 2.48 bits per heavy atom. The molecule has 5 rings (SSSR count). The predicted molar refractivity (Wildman–Crippen MR) is 126 cm³/mol. The first-order valence-corrected chi connectivity index (χ1v) is 10.9. The number of aryl methyl sites for hydroxylation is 1. The Kier molecular flexibility index (Phi) is 5.34. The molecule has 4 aromatic rings. The van der Waals surface area contributed by atoms with Gasteiger partial charge in [-0.1, -0.05) is 24.3 Å². The summed E-state index contributed by atoms with van der Waals surface area (Å²) >= 11 is 0. The van der Waals surface area contributed by atoms with Gasteiger partial charge < -0.3 is 10.2 Å². The first kappa shape index (κ1) is 20.8. The Bertz CT molecular complexity index is 1360. The Morgan fingerprint density at radius 2 is 1.79 bits per heavy atom. The molecule has 0 atom stereocenters. The largest absolute Gasteiger partial charge is 0.357 e. The highest BCUT2D eigenvalue weighted by atomic mass is 19.1. The maximum atomic E-state index is 14.9. The molecule has 0 bridgehead atoms. The fourth-order valence-corrected chi connectivity index (χ4v) is 4.12. The lowest BCUT2D eigenvalue weighted by Gasteiger charge is -2.18. The molecule has 0 aliphatic carbocycles. The van der Waals surface area contributed by atoms with Crippen LogP contribution in [0.1, 0.15) is 34.6 Å². The van der Waals surface area contributed by atoms with E-state index in [0.29, 0.717) is 22.9 Å². The Labute approximate surface area is 190 Å². The van der Waals surface area contributed by atoms with Gasteiger partial charge in [0.1, 0.15) is 28.9 Å². The molecule has 166 valence electrons. The molecule has 2 N–H and O–H groups in total. The Morgan fingerprint density at radius 1 is 1.06 bits per heavy atom. The number of anilines is 1. The van der Waals surface area contributed by atoms with Crippen LogP contribution >= 0.6 is 0 Å². The molecule has 3 heterocycles. The van der Waals surface area contributed by atoms with Crippen molar-refractivity contribution < 1.29 is 9.18 Å². The van der Waals surface area contributed by atoms with Crippen molar-refractivity contribution in [2.75, 3.05) is 18.4 Å². The number of benzene rings is 2. The van der Waals surface area contributed by atoms with Gasteiger partial charge in [-0.25, -0.2) is 14.1 Å². The van der Waals surface area contributed by atoms with Crippen molar-refractivity contribution in [2.24, 2.45) is 0 Å². The average molecular weight is 442 g/mol. The molecule has 0 spiro atoms. The normalized spacial score (nSPS) is 13.5. The lowest BCUT2D eigenvalue weighted by atomic mass is 10.1. The molecule has 1 aliphatic rings. The van der Waals surface area contributed by atoms with Gasteiger partial charge in [-0.2, -0.15) is 5.10 Å². The van der Waals surface area contributed by atoms with Crippen molar-refractivity contribution in [3.8, 4) is 5.69 Å². The highest BCUT2D eigenvalue weighted by molar-refractivity contribution is 6.03. The number of nitrogens with zero attached hydrogens (tertiary/aromatic N) is 4. The second-order valence-electron chi connectivity index (χ2n) is 8.16. The third-order valence-corrected chi connectivity index (χ3v) is 5.81. The number of amides is 1. The molecule has 1 aliphatic heterocycles. The molecule has 1 fully saturated rings. The van der Waals surface area contributed by atoms with E-state index in [2.05, 4.69) is 15.4 Å². The van der Waals surface area contributed by atoms with Gasteiger partial charge in [0, 0.05) is 24.8 Å². The van der Waals surface area contributed by atoms with E-state index in [1.54, 1.807) is 37.4 Å². The van der Waals surface area contributed by atoms with E-state index in [0.717, 1.165) is 36.7 Å². The molecule has 0 unspecified atom stereocenters. The van der Waals surface area contributed by atoms with Gasteiger partial charge in [-0.3, -0.25) is 10.2 Å². The predicted octanol–water partition coefficient (Wildman–Crippen LogP) is 4.54. The van der Waals surface area contributed by atoms with Crippen LogP contribution in [-0.4, -0.2) is 44.5 Å². The van der Waals surface area contributed by atoms with Gasteiger partial charge in [0.05, 0.1) is 5.69 Å². The smallest absolute Gasteiger partial charge is 0.275 e. The zero-order valence-electron chi connectivity index (χ0n) is 18.2. The van der Waals surface area contributed by atoms with Crippen molar-refractivity contribution >= 4 is 28.3 Å². The van der Waals surface area contributed by atoms with Crippen LogP contribution in [0.4, 0.5) is 10.2 Å². The molecule has 33 heavy (non-hydrogen) atoms. The van der Waals surface area contributed by atoms with Gasteiger partial charge in [0.2, 0.25) is 0 Å². The van der Waals surface area contributed by atoms with Crippen molar-refractivity contribution in [3.63, 3.8) is 0 Å². The monoisotopic (exact) mass is 442 g/mol. The minimum absolute atomic E-state index is 0.203. The number of hydrogen-bond donors (Lipinski definition) is 2. The number of hydrogen-bond acceptors (Lipinski definition) is 4. The lowest BCUT2D eigenvalue weighted by molar-refractivity contribution is 0.101. The van der Waals surface area contributed by atoms with Crippen LogP contribution in [0.15, 0.2) is 60.8 Å². The second-order valence-corrected chi connectivity index (χ2v) is 8.16. The summed E-state index contributed by atoms with van der Waals surface area (Å²) in [5.74, 6) is -0.118. The van der Waals surface area contributed by atoms with Gasteiger partial charge >= 0.3 is 0 Å². The van der Waals surface area contributed by atoms with E-state index >= 15 is 0 Å². The third-order valence-electron chi connectivity index (χ3n) is 5.81. The highest BCUT2D eigenvalue weighted by Gasteiger charge is 2.20. The number of halogens is 1. The molecule has 1 saturated heterocycles. The summed E-state index contributed by atoms with van der Waals surface area (Å²) < 4.78 is 16.2. The zero-order chi connectivity index (χ0) is 22.9.